The van der Waals surface area contributed by atoms with Crippen LogP contribution in [0.25, 0.3) is 0 Å². The van der Waals surface area contributed by atoms with E-state index in [-0.39, 0.29) is 13.2 Å². The second-order valence-corrected chi connectivity index (χ2v) is 1.23. The van der Waals surface area contributed by atoms with Gasteiger partial charge in [-0.25, -0.2) is 10.2 Å². The Bertz CT molecular complexity index is 85.9. The summed E-state index contributed by atoms with van der Waals surface area (Å²) in [6.45, 7) is -0.134. The highest BCUT2D eigenvalue weighted by atomic mass is 16.6. The van der Waals surface area contributed by atoms with Crippen molar-refractivity contribution in [2.24, 2.45) is 0 Å². The van der Waals surface area contributed by atoms with Crippen LogP contribution >= 0.6 is 0 Å². The van der Waals surface area contributed by atoms with Gasteiger partial charge in [0.1, 0.15) is 6.61 Å². The normalized spacial score (nSPS) is 8.67. The van der Waals surface area contributed by atoms with E-state index >= 15 is 0 Å². The lowest BCUT2D eigenvalue weighted by molar-refractivity contribution is 0.116. The van der Waals surface area contributed by atoms with Crippen molar-refractivity contribution in [2.45, 2.75) is 0 Å². The number of aliphatic hydroxyl groups is 1. The topological polar surface area (TPSA) is 70.6 Å². The predicted octanol–water partition coefficient (Wildman–Crippen LogP) is -1.16. The Hall–Kier alpha value is -0.810. The minimum atomic E-state index is -0.591. The SMILES string of the molecule is CNNC(=O)OCCO. The first-order valence-electron chi connectivity index (χ1n) is 2.51. The van der Waals surface area contributed by atoms with Gasteiger partial charge in [0, 0.05) is 7.05 Å². The summed E-state index contributed by atoms with van der Waals surface area (Å²) in [5, 5.41) is 8.16. The maximum absolute atomic E-state index is 10.3. The van der Waals surface area contributed by atoms with Crippen LogP contribution in [-0.4, -0.2) is 31.5 Å². The lowest BCUT2D eigenvalue weighted by Crippen LogP contribution is -2.35. The van der Waals surface area contributed by atoms with Crippen LogP contribution in [0.15, 0.2) is 0 Å². The Morgan fingerprint density at radius 1 is 1.78 bits per heavy atom. The summed E-state index contributed by atoms with van der Waals surface area (Å²) in [6, 6.07) is 0. The van der Waals surface area contributed by atoms with Gasteiger partial charge in [0.2, 0.25) is 0 Å². The Morgan fingerprint density at radius 3 is 2.89 bits per heavy atom. The quantitative estimate of drug-likeness (QED) is 0.426. The van der Waals surface area contributed by atoms with Gasteiger partial charge in [-0.2, -0.15) is 0 Å². The average molecular weight is 134 g/mol. The van der Waals surface area contributed by atoms with E-state index in [0.717, 1.165) is 0 Å². The van der Waals surface area contributed by atoms with E-state index < -0.39 is 6.09 Å². The molecule has 0 rings (SSSR count). The van der Waals surface area contributed by atoms with Gasteiger partial charge >= 0.3 is 6.09 Å². The molecular formula is C4H10N2O3. The van der Waals surface area contributed by atoms with Gasteiger partial charge in [0.05, 0.1) is 6.61 Å². The van der Waals surface area contributed by atoms with E-state index in [2.05, 4.69) is 15.6 Å². The van der Waals surface area contributed by atoms with Crippen LogP contribution < -0.4 is 10.9 Å². The molecule has 0 aliphatic heterocycles. The first-order chi connectivity index (χ1) is 4.31. The first kappa shape index (κ1) is 8.19. The summed E-state index contributed by atoms with van der Waals surface area (Å²) < 4.78 is 4.37. The third-order valence-corrected chi connectivity index (χ3v) is 0.552. The highest BCUT2D eigenvalue weighted by molar-refractivity contribution is 5.66. The van der Waals surface area contributed by atoms with Gasteiger partial charge < -0.3 is 9.84 Å². The molecule has 0 aromatic heterocycles. The van der Waals surface area contributed by atoms with Crippen LogP contribution in [0.4, 0.5) is 4.79 Å². The molecule has 0 saturated heterocycles. The third-order valence-electron chi connectivity index (χ3n) is 0.552. The van der Waals surface area contributed by atoms with Crippen LogP contribution in [0.5, 0.6) is 0 Å². The van der Waals surface area contributed by atoms with E-state index in [4.69, 9.17) is 5.11 Å². The van der Waals surface area contributed by atoms with Crippen molar-refractivity contribution in [3.63, 3.8) is 0 Å². The molecule has 1 amide bonds. The van der Waals surface area contributed by atoms with Crippen molar-refractivity contribution in [3.05, 3.63) is 0 Å². The monoisotopic (exact) mass is 134 g/mol. The van der Waals surface area contributed by atoms with E-state index in [1.165, 1.54) is 0 Å². The Kier molecular flexibility index (Phi) is 4.85. The minimum Gasteiger partial charge on any atom is -0.446 e. The highest BCUT2D eigenvalue weighted by Gasteiger charge is 1.95. The zero-order valence-corrected chi connectivity index (χ0v) is 5.18. The Labute approximate surface area is 53.0 Å². The van der Waals surface area contributed by atoms with Gasteiger partial charge in [-0.3, -0.25) is 5.43 Å². The molecule has 0 aromatic carbocycles. The number of hydrogen-bond acceptors (Lipinski definition) is 4. The molecule has 0 unspecified atom stereocenters. The summed E-state index contributed by atoms with van der Waals surface area (Å²) >= 11 is 0. The third kappa shape index (κ3) is 5.05. The van der Waals surface area contributed by atoms with Crippen molar-refractivity contribution in [2.75, 3.05) is 20.3 Å². The summed E-state index contributed by atoms with van der Waals surface area (Å²) in [5.74, 6) is 0. The molecular weight excluding hydrogens is 124 g/mol. The molecule has 3 N–H and O–H groups in total. The Balaban J connectivity index is 3.06. The summed E-state index contributed by atoms with van der Waals surface area (Å²) in [4.78, 5) is 10.3. The van der Waals surface area contributed by atoms with E-state index in [1.807, 2.05) is 0 Å². The number of carbonyl (C=O) groups is 1. The molecule has 0 atom stereocenters. The number of hydrazine groups is 1. The van der Waals surface area contributed by atoms with Gasteiger partial charge in [-0.05, 0) is 0 Å². The molecule has 0 heterocycles. The zero-order valence-electron chi connectivity index (χ0n) is 5.18. The largest absolute Gasteiger partial charge is 0.446 e. The molecule has 0 radical (unpaired) electrons. The van der Waals surface area contributed by atoms with Gasteiger partial charge in [-0.1, -0.05) is 0 Å². The first-order valence-corrected chi connectivity index (χ1v) is 2.51. The van der Waals surface area contributed by atoms with Crippen molar-refractivity contribution in [1.82, 2.24) is 10.9 Å². The van der Waals surface area contributed by atoms with Crippen LogP contribution in [0.1, 0.15) is 0 Å². The fourth-order valence-corrected chi connectivity index (χ4v) is 0.276. The van der Waals surface area contributed by atoms with Crippen molar-refractivity contribution >= 4 is 6.09 Å². The highest BCUT2D eigenvalue weighted by Crippen LogP contribution is 1.71. The van der Waals surface area contributed by atoms with E-state index in [1.54, 1.807) is 7.05 Å². The lowest BCUT2D eigenvalue weighted by atomic mass is 10.8. The fourth-order valence-electron chi connectivity index (χ4n) is 0.276. The molecule has 0 spiro atoms. The molecule has 9 heavy (non-hydrogen) atoms. The smallest absolute Gasteiger partial charge is 0.421 e. The standard InChI is InChI=1S/C4H10N2O3/c1-5-6-4(8)9-3-2-7/h5,7H,2-3H2,1H3,(H,6,8). The molecule has 0 aliphatic rings. The number of nitrogens with one attached hydrogen (secondary N) is 2. The van der Waals surface area contributed by atoms with Gasteiger partial charge in [0.25, 0.3) is 0 Å². The minimum absolute atomic E-state index is 0.0213. The van der Waals surface area contributed by atoms with Gasteiger partial charge in [-0.15, -0.1) is 0 Å². The molecule has 0 saturated carbocycles. The van der Waals surface area contributed by atoms with Gasteiger partial charge in [0.15, 0.2) is 0 Å². The summed E-state index contributed by atoms with van der Waals surface area (Å²) in [5.41, 5.74) is 4.53. The lowest BCUT2D eigenvalue weighted by Gasteiger charge is -2.01. The van der Waals surface area contributed by atoms with Crippen molar-refractivity contribution in [1.29, 1.82) is 0 Å². The number of carbonyl (C=O) groups excluding carboxylic acids is 1. The summed E-state index contributed by atoms with van der Waals surface area (Å²) in [6.07, 6.45) is -0.591. The fraction of sp³-hybridized carbons (Fsp3) is 0.750. The summed E-state index contributed by atoms with van der Waals surface area (Å²) in [7, 11) is 1.54. The number of ether oxygens (including phenoxy) is 1. The predicted molar refractivity (Wildman–Crippen MR) is 30.6 cm³/mol. The maximum atomic E-state index is 10.3. The second kappa shape index (κ2) is 5.33. The molecule has 54 valence electrons. The number of hydrogen-bond donors (Lipinski definition) is 3. The number of amides is 1. The van der Waals surface area contributed by atoms with E-state index in [9.17, 15) is 4.79 Å². The van der Waals surface area contributed by atoms with Crippen LogP contribution in [-0.2, 0) is 4.74 Å². The number of rotatable bonds is 3. The molecule has 5 heteroatoms. The van der Waals surface area contributed by atoms with Crippen molar-refractivity contribution < 1.29 is 14.6 Å². The van der Waals surface area contributed by atoms with Crippen LogP contribution in [0, 0.1) is 0 Å². The second-order valence-electron chi connectivity index (χ2n) is 1.23. The van der Waals surface area contributed by atoms with E-state index in [0.29, 0.717) is 0 Å². The van der Waals surface area contributed by atoms with Crippen LogP contribution in [0.3, 0.4) is 0 Å². The molecule has 5 nitrogen and oxygen atoms in total. The molecule has 0 bridgehead atoms. The number of aliphatic hydroxyl groups excluding tert-OH is 1. The molecule has 0 aliphatic carbocycles. The molecule has 0 aromatic rings. The van der Waals surface area contributed by atoms with Crippen molar-refractivity contribution in [3.8, 4) is 0 Å². The Morgan fingerprint density at radius 2 is 2.44 bits per heavy atom. The molecule has 0 fully saturated rings. The zero-order chi connectivity index (χ0) is 7.11. The van der Waals surface area contributed by atoms with Crippen LogP contribution in [0.2, 0.25) is 0 Å². The average Bonchev–Trinajstić information content (AvgIpc) is 1.85. The maximum Gasteiger partial charge on any atom is 0.421 e.